The van der Waals surface area contributed by atoms with E-state index in [2.05, 4.69) is 20.3 Å². The molecule has 0 bridgehead atoms. The van der Waals surface area contributed by atoms with E-state index in [0.29, 0.717) is 22.8 Å². The fourth-order valence-corrected chi connectivity index (χ4v) is 4.88. The molecule has 1 heterocycles. The summed E-state index contributed by atoms with van der Waals surface area (Å²) in [5.41, 5.74) is 5.31. The zero-order valence-corrected chi connectivity index (χ0v) is 19.6. The Kier molecular flexibility index (Phi) is 6.70. The van der Waals surface area contributed by atoms with Crippen LogP contribution in [0.25, 0.3) is 22.0 Å². The second-order valence-electron chi connectivity index (χ2n) is 8.02. The maximum Gasteiger partial charge on any atom is 0.319 e. The lowest BCUT2D eigenvalue weighted by Gasteiger charge is -2.15. The lowest BCUT2D eigenvalue weighted by atomic mass is 10.1. The predicted octanol–water partition coefficient (Wildman–Crippen LogP) is 6.29. The number of fused-ring (bicyclic) bond motifs is 1. The van der Waals surface area contributed by atoms with Gasteiger partial charge in [-0.3, -0.25) is 0 Å². The maximum atomic E-state index is 13.1. The molecule has 7 heteroatoms. The highest BCUT2D eigenvalue weighted by Crippen LogP contribution is 2.28. The highest BCUT2D eigenvalue weighted by atomic mass is 32.2. The number of nitrogens with one attached hydrogen (secondary N) is 4. The molecule has 0 aliphatic carbocycles. The van der Waals surface area contributed by atoms with E-state index < -0.39 is 11.4 Å². The van der Waals surface area contributed by atoms with Crippen LogP contribution in [0.3, 0.4) is 0 Å². The summed E-state index contributed by atoms with van der Waals surface area (Å²) in [4.78, 5) is 16.2. The van der Waals surface area contributed by atoms with Gasteiger partial charge in [0.2, 0.25) is 0 Å². The number of urea groups is 1. The standard InChI is InChI=1S/C28H24N4O2S/c33-28(30-19-20-10-11-22-16-17-29-26(22)18-20)31-23-12-14-24(15-13-23)32-35(34)27-9-5-4-8-25(27)21-6-2-1-3-7-21/h1-18,29,32H,19H2,(H2,30,31,33). The Balaban J connectivity index is 1.18. The average Bonchev–Trinajstić information content (AvgIpc) is 3.37. The van der Waals surface area contributed by atoms with Crippen LogP contribution in [0, 0.1) is 0 Å². The van der Waals surface area contributed by atoms with Crippen molar-refractivity contribution in [2.24, 2.45) is 0 Å². The molecule has 1 atom stereocenters. The van der Waals surface area contributed by atoms with Crippen molar-refractivity contribution in [2.75, 3.05) is 10.0 Å². The Morgan fingerprint density at radius 1 is 0.829 bits per heavy atom. The third-order valence-corrected chi connectivity index (χ3v) is 6.77. The van der Waals surface area contributed by atoms with E-state index >= 15 is 0 Å². The van der Waals surface area contributed by atoms with Crippen LogP contribution in [0.4, 0.5) is 16.2 Å². The first kappa shape index (κ1) is 22.6. The van der Waals surface area contributed by atoms with Gasteiger partial charge in [0, 0.05) is 29.5 Å². The third-order valence-electron chi connectivity index (χ3n) is 5.60. The van der Waals surface area contributed by atoms with Crippen molar-refractivity contribution in [3.63, 3.8) is 0 Å². The topological polar surface area (TPSA) is 92.0 Å². The van der Waals surface area contributed by atoms with Crippen molar-refractivity contribution >= 4 is 39.7 Å². The Morgan fingerprint density at radius 3 is 2.40 bits per heavy atom. The Morgan fingerprint density at radius 2 is 1.57 bits per heavy atom. The quantitative estimate of drug-likeness (QED) is 0.206. The summed E-state index contributed by atoms with van der Waals surface area (Å²) < 4.78 is 16.1. The summed E-state index contributed by atoms with van der Waals surface area (Å²) in [5, 5.41) is 6.83. The number of benzene rings is 4. The summed E-state index contributed by atoms with van der Waals surface area (Å²) in [7, 11) is 0. The molecule has 1 aromatic heterocycles. The van der Waals surface area contributed by atoms with E-state index in [4.69, 9.17) is 0 Å². The molecule has 174 valence electrons. The van der Waals surface area contributed by atoms with Crippen molar-refractivity contribution in [2.45, 2.75) is 11.4 Å². The van der Waals surface area contributed by atoms with Gasteiger partial charge in [0.1, 0.15) is 11.4 Å². The van der Waals surface area contributed by atoms with Crippen LogP contribution in [0.1, 0.15) is 5.56 Å². The van der Waals surface area contributed by atoms with Crippen LogP contribution in [0.15, 0.2) is 114 Å². The molecule has 4 N–H and O–H groups in total. The molecule has 0 saturated heterocycles. The molecule has 4 aromatic carbocycles. The number of hydrogen-bond acceptors (Lipinski definition) is 3. The first-order valence-corrected chi connectivity index (χ1v) is 12.3. The van der Waals surface area contributed by atoms with Gasteiger partial charge < -0.3 is 20.2 Å². The van der Waals surface area contributed by atoms with Crippen molar-refractivity contribution in [3.8, 4) is 11.1 Å². The monoisotopic (exact) mass is 480 g/mol. The zero-order valence-electron chi connectivity index (χ0n) is 18.8. The second kappa shape index (κ2) is 10.4. The Bertz CT molecular complexity index is 1430. The molecule has 5 aromatic rings. The van der Waals surface area contributed by atoms with Crippen molar-refractivity contribution in [1.29, 1.82) is 0 Å². The zero-order chi connectivity index (χ0) is 24.0. The summed E-state index contributed by atoms with van der Waals surface area (Å²) in [5.74, 6) is 0. The number of amides is 2. The minimum atomic E-state index is -1.45. The van der Waals surface area contributed by atoms with Gasteiger partial charge in [0.15, 0.2) is 4.90 Å². The van der Waals surface area contributed by atoms with Crippen molar-refractivity contribution < 1.29 is 9.35 Å². The fourth-order valence-electron chi connectivity index (χ4n) is 3.83. The molecule has 0 spiro atoms. The predicted molar refractivity (Wildman–Crippen MR) is 143 cm³/mol. The van der Waals surface area contributed by atoms with E-state index in [1.54, 1.807) is 24.3 Å². The molecule has 0 saturated carbocycles. The van der Waals surface area contributed by atoms with Crippen molar-refractivity contribution in [1.82, 2.24) is 10.3 Å². The van der Waals surface area contributed by atoms with Crippen LogP contribution in [-0.2, 0) is 17.9 Å². The SMILES string of the molecule is O=C(NCc1ccc2cc[nH]c2c1)Nc1ccc(N[S+]([O-])c2ccccc2-c2ccccc2)cc1. The molecular weight excluding hydrogens is 456 g/mol. The molecule has 0 fully saturated rings. The third kappa shape index (κ3) is 5.48. The number of aromatic amines is 1. The van der Waals surface area contributed by atoms with Crippen LogP contribution in [0.2, 0.25) is 0 Å². The van der Waals surface area contributed by atoms with E-state index in [9.17, 15) is 9.35 Å². The minimum Gasteiger partial charge on any atom is -0.588 e. The van der Waals surface area contributed by atoms with E-state index in [1.807, 2.05) is 85.1 Å². The van der Waals surface area contributed by atoms with Gasteiger partial charge in [-0.1, -0.05) is 54.6 Å². The first-order valence-electron chi connectivity index (χ1n) is 11.2. The summed E-state index contributed by atoms with van der Waals surface area (Å²) in [6.07, 6.45) is 1.89. The summed E-state index contributed by atoms with van der Waals surface area (Å²) in [6.45, 7) is 0.417. The maximum absolute atomic E-state index is 13.1. The highest BCUT2D eigenvalue weighted by Gasteiger charge is 2.18. The smallest absolute Gasteiger partial charge is 0.319 e. The van der Waals surface area contributed by atoms with Gasteiger partial charge in [-0.2, -0.15) is 0 Å². The number of carbonyl (C=O) groups is 1. The van der Waals surface area contributed by atoms with Gasteiger partial charge in [-0.25, -0.2) is 9.52 Å². The molecule has 0 aliphatic heterocycles. The fraction of sp³-hybridized carbons (Fsp3) is 0.0357. The number of hydrogen-bond donors (Lipinski definition) is 4. The van der Waals surface area contributed by atoms with Crippen LogP contribution < -0.4 is 15.4 Å². The molecule has 2 amide bonds. The molecule has 0 radical (unpaired) electrons. The van der Waals surface area contributed by atoms with Gasteiger partial charge in [-0.15, -0.1) is 0 Å². The first-order chi connectivity index (χ1) is 17.2. The highest BCUT2D eigenvalue weighted by molar-refractivity contribution is 7.92. The number of H-pyrrole nitrogens is 1. The Labute approximate surface area is 206 Å². The van der Waals surface area contributed by atoms with Crippen LogP contribution in [-0.4, -0.2) is 15.6 Å². The lowest BCUT2D eigenvalue weighted by molar-refractivity contribution is 0.251. The molecule has 5 rings (SSSR count). The molecular formula is C28H24N4O2S. The van der Waals surface area contributed by atoms with Crippen molar-refractivity contribution in [3.05, 3.63) is 115 Å². The second-order valence-corrected chi connectivity index (χ2v) is 9.20. The lowest BCUT2D eigenvalue weighted by Crippen LogP contribution is -2.28. The number of aromatic nitrogens is 1. The molecule has 6 nitrogen and oxygen atoms in total. The van der Waals surface area contributed by atoms with E-state index in [-0.39, 0.29) is 6.03 Å². The molecule has 0 aliphatic rings. The van der Waals surface area contributed by atoms with Gasteiger partial charge in [-0.05, 0) is 65.0 Å². The van der Waals surface area contributed by atoms with Crippen LogP contribution in [0.5, 0.6) is 0 Å². The van der Waals surface area contributed by atoms with Gasteiger partial charge in [0.05, 0.1) is 5.69 Å². The van der Waals surface area contributed by atoms with Gasteiger partial charge >= 0.3 is 6.03 Å². The number of carbonyl (C=O) groups excluding carboxylic acids is 1. The van der Waals surface area contributed by atoms with E-state index in [1.165, 1.54) is 0 Å². The largest absolute Gasteiger partial charge is 0.588 e. The Hall–Kier alpha value is -4.20. The molecule has 1 unspecified atom stereocenters. The summed E-state index contributed by atoms with van der Waals surface area (Å²) in [6, 6.07) is 32.4. The molecule has 35 heavy (non-hydrogen) atoms. The number of anilines is 2. The number of rotatable bonds is 7. The minimum absolute atomic E-state index is 0.294. The average molecular weight is 481 g/mol. The van der Waals surface area contributed by atoms with Crippen LogP contribution >= 0.6 is 0 Å². The summed E-state index contributed by atoms with van der Waals surface area (Å²) >= 11 is -1.45. The normalized spacial score (nSPS) is 11.7. The van der Waals surface area contributed by atoms with E-state index in [0.717, 1.165) is 27.6 Å². The van der Waals surface area contributed by atoms with Gasteiger partial charge in [0.25, 0.3) is 0 Å².